The second-order valence-electron chi connectivity index (χ2n) is 5.74. The third-order valence-electron chi connectivity index (χ3n) is 4.49. The van der Waals surface area contributed by atoms with E-state index < -0.39 is 0 Å². The average Bonchev–Trinajstić information content (AvgIpc) is 2.42. The van der Waals surface area contributed by atoms with Crippen LogP contribution in [0.15, 0.2) is 60.7 Å². The molecule has 0 bridgehead atoms. The van der Waals surface area contributed by atoms with Crippen LogP contribution >= 0.6 is 0 Å². The summed E-state index contributed by atoms with van der Waals surface area (Å²) in [5.74, 6) is 0. The smallest absolute Gasteiger partial charge is 0.0411 e. The molecule has 19 heavy (non-hydrogen) atoms. The van der Waals surface area contributed by atoms with Crippen molar-refractivity contribution >= 4 is 0 Å². The van der Waals surface area contributed by atoms with Gasteiger partial charge in [-0.2, -0.15) is 0 Å². The van der Waals surface area contributed by atoms with Crippen LogP contribution in [0.4, 0.5) is 0 Å². The Hall–Kier alpha value is -1.82. The lowest BCUT2D eigenvalue weighted by molar-refractivity contribution is 0.431. The highest BCUT2D eigenvalue weighted by Crippen LogP contribution is 2.52. The lowest BCUT2D eigenvalue weighted by Gasteiger charge is -2.45. The predicted octanol–water partition coefficient (Wildman–Crippen LogP) is 4.94. The molecule has 1 aliphatic carbocycles. The van der Waals surface area contributed by atoms with E-state index in [9.17, 15) is 0 Å². The van der Waals surface area contributed by atoms with Gasteiger partial charge in [-0.25, -0.2) is 0 Å². The molecule has 0 N–H and O–H groups in total. The van der Waals surface area contributed by atoms with Crippen molar-refractivity contribution in [2.45, 2.75) is 32.1 Å². The van der Waals surface area contributed by atoms with Crippen LogP contribution in [-0.2, 0) is 5.41 Å². The van der Waals surface area contributed by atoms with Crippen molar-refractivity contribution in [3.8, 4) is 0 Å². The lowest BCUT2D eigenvalue weighted by atomic mass is 9.57. The van der Waals surface area contributed by atoms with Crippen molar-refractivity contribution in [2.24, 2.45) is 0 Å². The fourth-order valence-corrected chi connectivity index (χ4v) is 3.09. The van der Waals surface area contributed by atoms with E-state index in [-0.39, 0.29) is 5.41 Å². The van der Waals surface area contributed by atoms with E-state index in [1.54, 1.807) is 0 Å². The van der Waals surface area contributed by atoms with Crippen molar-refractivity contribution in [1.29, 1.82) is 0 Å². The zero-order chi connectivity index (χ0) is 13.5. The number of hydrogen-bond donors (Lipinski definition) is 0. The Morgan fingerprint density at radius 3 is 1.47 bits per heavy atom. The molecule has 0 aliphatic heterocycles. The zero-order valence-corrected chi connectivity index (χ0v) is 11.7. The Bertz CT molecular complexity index is 554. The molecule has 1 fully saturated rings. The number of aryl methyl sites for hydroxylation is 2. The van der Waals surface area contributed by atoms with E-state index in [4.69, 9.17) is 0 Å². The topological polar surface area (TPSA) is 0 Å². The normalized spacial score (nSPS) is 17.1. The third-order valence-corrected chi connectivity index (χ3v) is 4.49. The minimum atomic E-state index is 0.0569. The van der Waals surface area contributed by atoms with Crippen LogP contribution in [0.25, 0.3) is 0 Å². The Kier molecular flexibility index (Phi) is 2.82. The molecule has 1 saturated carbocycles. The Morgan fingerprint density at radius 2 is 1.21 bits per heavy atom. The van der Waals surface area contributed by atoms with Crippen molar-refractivity contribution in [2.75, 3.05) is 0 Å². The SMILES string of the molecule is C=C1CCC1(c1ccc(C)cc1)c1ccc(C)cc1. The summed E-state index contributed by atoms with van der Waals surface area (Å²) in [6, 6.07) is 17.9. The molecule has 1 aliphatic rings. The van der Waals surface area contributed by atoms with Crippen LogP contribution in [0.1, 0.15) is 35.1 Å². The van der Waals surface area contributed by atoms with Gasteiger partial charge in [-0.05, 0) is 37.8 Å². The standard InChI is InChI=1S/C19H20/c1-14-4-8-17(9-5-14)19(13-12-16(19)3)18-10-6-15(2)7-11-18/h4-11H,3,12-13H2,1-2H3. The fourth-order valence-electron chi connectivity index (χ4n) is 3.09. The summed E-state index contributed by atoms with van der Waals surface area (Å²) in [4.78, 5) is 0. The molecule has 3 rings (SSSR count). The van der Waals surface area contributed by atoms with Gasteiger partial charge in [0.05, 0.1) is 0 Å². The fraction of sp³-hybridized carbons (Fsp3) is 0.263. The van der Waals surface area contributed by atoms with Crippen LogP contribution in [0.3, 0.4) is 0 Å². The maximum Gasteiger partial charge on any atom is 0.0411 e. The summed E-state index contributed by atoms with van der Waals surface area (Å²) in [5.41, 5.74) is 6.80. The zero-order valence-electron chi connectivity index (χ0n) is 11.7. The lowest BCUT2D eigenvalue weighted by Crippen LogP contribution is -2.37. The number of benzene rings is 2. The Balaban J connectivity index is 2.12. The summed E-state index contributed by atoms with van der Waals surface area (Å²) in [7, 11) is 0. The largest absolute Gasteiger partial charge is 0.0986 e. The Labute approximate surface area is 115 Å². The van der Waals surface area contributed by atoms with Gasteiger partial charge in [0.2, 0.25) is 0 Å². The van der Waals surface area contributed by atoms with Crippen LogP contribution < -0.4 is 0 Å². The highest BCUT2D eigenvalue weighted by Gasteiger charge is 2.43. The van der Waals surface area contributed by atoms with Crippen LogP contribution in [0.5, 0.6) is 0 Å². The van der Waals surface area contributed by atoms with Gasteiger partial charge in [-0.15, -0.1) is 0 Å². The molecule has 2 aromatic rings. The van der Waals surface area contributed by atoms with Crippen LogP contribution in [0, 0.1) is 13.8 Å². The van der Waals surface area contributed by atoms with E-state index in [2.05, 4.69) is 69.0 Å². The quantitative estimate of drug-likeness (QED) is 0.660. The summed E-state index contributed by atoms with van der Waals surface area (Å²) >= 11 is 0. The summed E-state index contributed by atoms with van der Waals surface area (Å²) in [5, 5.41) is 0. The molecule has 0 spiro atoms. The maximum absolute atomic E-state index is 4.31. The molecule has 96 valence electrons. The molecule has 0 saturated heterocycles. The first-order valence-electron chi connectivity index (χ1n) is 6.95. The first-order valence-corrected chi connectivity index (χ1v) is 6.95. The van der Waals surface area contributed by atoms with Crippen LogP contribution in [0.2, 0.25) is 0 Å². The van der Waals surface area contributed by atoms with E-state index in [0.29, 0.717) is 0 Å². The van der Waals surface area contributed by atoms with E-state index in [0.717, 1.165) is 6.42 Å². The van der Waals surface area contributed by atoms with Gasteiger partial charge in [0, 0.05) is 5.41 Å². The molecular formula is C19H20. The molecule has 0 heterocycles. The maximum atomic E-state index is 4.31. The molecule has 0 aromatic heterocycles. The van der Waals surface area contributed by atoms with Gasteiger partial charge in [0.1, 0.15) is 0 Å². The molecule has 0 atom stereocenters. The summed E-state index contributed by atoms with van der Waals surface area (Å²) in [6.07, 6.45) is 2.32. The van der Waals surface area contributed by atoms with Gasteiger partial charge in [-0.3, -0.25) is 0 Å². The molecular weight excluding hydrogens is 228 g/mol. The van der Waals surface area contributed by atoms with Crippen molar-refractivity contribution in [1.82, 2.24) is 0 Å². The van der Waals surface area contributed by atoms with Crippen molar-refractivity contribution in [3.05, 3.63) is 82.9 Å². The monoisotopic (exact) mass is 248 g/mol. The van der Waals surface area contributed by atoms with Gasteiger partial charge >= 0.3 is 0 Å². The third kappa shape index (κ3) is 1.83. The Morgan fingerprint density at radius 1 is 0.789 bits per heavy atom. The second kappa shape index (κ2) is 4.38. The van der Waals surface area contributed by atoms with E-state index >= 15 is 0 Å². The van der Waals surface area contributed by atoms with Gasteiger partial charge in [-0.1, -0.05) is 71.8 Å². The minimum Gasteiger partial charge on any atom is -0.0986 e. The molecule has 0 unspecified atom stereocenters. The molecule has 2 aromatic carbocycles. The van der Waals surface area contributed by atoms with E-state index in [1.807, 2.05) is 0 Å². The van der Waals surface area contributed by atoms with Gasteiger partial charge in [0.25, 0.3) is 0 Å². The number of allylic oxidation sites excluding steroid dienone is 1. The van der Waals surface area contributed by atoms with Crippen molar-refractivity contribution in [3.63, 3.8) is 0 Å². The van der Waals surface area contributed by atoms with Crippen LogP contribution in [-0.4, -0.2) is 0 Å². The van der Waals surface area contributed by atoms with Gasteiger partial charge in [0.15, 0.2) is 0 Å². The summed E-state index contributed by atoms with van der Waals surface area (Å²) < 4.78 is 0. The summed E-state index contributed by atoms with van der Waals surface area (Å²) in [6.45, 7) is 8.59. The molecule has 0 heteroatoms. The number of hydrogen-bond acceptors (Lipinski definition) is 0. The first-order chi connectivity index (χ1) is 9.13. The highest BCUT2D eigenvalue weighted by molar-refractivity contribution is 5.53. The number of rotatable bonds is 2. The van der Waals surface area contributed by atoms with Crippen molar-refractivity contribution < 1.29 is 0 Å². The highest BCUT2D eigenvalue weighted by atomic mass is 14.5. The van der Waals surface area contributed by atoms with E-state index in [1.165, 1.54) is 34.2 Å². The molecule has 0 nitrogen and oxygen atoms in total. The predicted molar refractivity (Wildman–Crippen MR) is 81.5 cm³/mol. The molecule has 0 amide bonds. The molecule has 0 radical (unpaired) electrons. The minimum absolute atomic E-state index is 0.0569. The van der Waals surface area contributed by atoms with Gasteiger partial charge < -0.3 is 0 Å². The average molecular weight is 248 g/mol. The first kappa shape index (κ1) is 12.2. The second-order valence-corrected chi connectivity index (χ2v) is 5.74.